The first kappa shape index (κ1) is 18.4. The molecule has 3 aliphatic rings. The Kier molecular flexibility index (Phi) is 4.93. The van der Waals surface area contributed by atoms with Crippen LogP contribution in [0.1, 0.15) is 54.4 Å². The van der Waals surface area contributed by atoms with Gasteiger partial charge in [-0.1, -0.05) is 6.07 Å². The van der Waals surface area contributed by atoms with Gasteiger partial charge in [0.1, 0.15) is 11.4 Å². The second-order valence-corrected chi connectivity index (χ2v) is 8.16. The van der Waals surface area contributed by atoms with Crippen molar-refractivity contribution in [3.05, 3.63) is 35.1 Å². The number of amides is 1. The highest BCUT2D eigenvalue weighted by atomic mass is 19.1. The summed E-state index contributed by atoms with van der Waals surface area (Å²) in [5.74, 6) is -0.710. The van der Waals surface area contributed by atoms with Crippen LogP contribution < -0.4 is 0 Å². The molecule has 1 aromatic rings. The lowest BCUT2D eigenvalue weighted by Gasteiger charge is -2.37. The summed E-state index contributed by atoms with van der Waals surface area (Å²) in [6.45, 7) is 3.98. The van der Waals surface area contributed by atoms with Crippen LogP contribution in [0.5, 0.6) is 0 Å². The lowest BCUT2D eigenvalue weighted by molar-refractivity contribution is -0.137. The minimum absolute atomic E-state index is 0.0256. The Balaban J connectivity index is 1.36. The van der Waals surface area contributed by atoms with Crippen molar-refractivity contribution >= 4 is 11.9 Å². The Morgan fingerprint density at radius 1 is 1.30 bits per heavy atom. The SMILES string of the molecule is CN(CCN1CCCC1)C(=O)C1CCC2(CC1)OC(=O)c1cc(F)ccc12. The molecule has 1 saturated heterocycles. The molecule has 0 atom stereocenters. The Hall–Kier alpha value is -1.95. The van der Waals surface area contributed by atoms with Gasteiger partial charge >= 0.3 is 5.97 Å². The van der Waals surface area contributed by atoms with E-state index in [4.69, 9.17) is 4.74 Å². The average Bonchev–Trinajstić information content (AvgIpc) is 3.27. The van der Waals surface area contributed by atoms with Crippen molar-refractivity contribution < 1.29 is 18.7 Å². The Labute approximate surface area is 159 Å². The number of esters is 1. The molecule has 0 bridgehead atoms. The average molecular weight is 374 g/mol. The number of carbonyl (C=O) groups is 2. The molecule has 0 unspecified atom stereocenters. The van der Waals surface area contributed by atoms with Crippen molar-refractivity contribution in [2.45, 2.75) is 44.1 Å². The summed E-state index contributed by atoms with van der Waals surface area (Å²) in [7, 11) is 1.89. The number of likely N-dealkylation sites (tertiary alicyclic amines) is 1. The fourth-order valence-electron chi connectivity index (χ4n) is 4.79. The number of fused-ring (bicyclic) bond motifs is 2. The minimum Gasteiger partial charge on any atom is -0.451 e. The third-order valence-corrected chi connectivity index (χ3v) is 6.45. The molecule has 4 rings (SSSR count). The molecule has 5 nitrogen and oxygen atoms in total. The van der Waals surface area contributed by atoms with Gasteiger partial charge in [-0.25, -0.2) is 9.18 Å². The van der Waals surface area contributed by atoms with E-state index >= 15 is 0 Å². The molecular formula is C21H27FN2O3. The number of hydrogen-bond acceptors (Lipinski definition) is 4. The van der Waals surface area contributed by atoms with Gasteiger partial charge in [0.05, 0.1) is 5.56 Å². The number of nitrogens with zero attached hydrogens (tertiary/aromatic N) is 2. The molecule has 146 valence electrons. The van der Waals surface area contributed by atoms with E-state index in [1.54, 1.807) is 6.07 Å². The predicted octanol–water partition coefficient (Wildman–Crippen LogP) is 2.94. The van der Waals surface area contributed by atoms with Gasteiger partial charge in [0.15, 0.2) is 0 Å². The van der Waals surface area contributed by atoms with E-state index in [9.17, 15) is 14.0 Å². The van der Waals surface area contributed by atoms with Crippen LogP contribution in [0.3, 0.4) is 0 Å². The molecule has 0 N–H and O–H groups in total. The van der Waals surface area contributed by atoms with Crippen LogP contribution in [0.2, 0.25) is 0 Å². The standard InChI is InChI=1S/C21H27FN2O3/c1-23(12-13-24-10-2-3-11-24)19(25)15-6-8-21(9-7-15)18-5-4-16(22)14-17(18)20(26)27-21/h4-5,14-15H,2-3,6-13H2,1H3. The van der Waals surface area contributed by atoms with Gasteiger partial charge < -0.3 is 14.5 Å². The van der Waals surface area contributed by atoms with Gasteiger partial charge in [0, 0.05) is 31.6 Å². The number of benzene rings is 1. The molecule has 27 heavy (non-hydrogen) atoms. The zero-order valence-electron chi connectivity index (χ0n) is 15.9. The maximum absolute atomic E-state index is 13.5. The van der Waals surface area contributed by atoms with E-state index in [-0.39, 0.29) is 11.8 Å². The van der Waals surface area contributed by atoms with Crippen LogP contribution in [-0.2, 0) is 15.1 Å². The molecule has 1 saturated carbocycles. The second kappa shape index (κ2) is 7.23. The molecule has 1 aliphatic carbocycles. The molecule has 0 radical (unpaired) electrons. The number of hydrogen-bond donors (Lipinski definition) is 0. The summed E-state index contributed by atoms with van der Waals surface area (Å²) in [4.78, 5) is 29.2. The number of likely N-dealkylation sites (N-methyl/N-ethyl adjacent to an activating group) is 1. The molecule has 6 heteroatoms. The lowest BCUT2D eigenvalue weighted by Crippen LogP contribution is -2.41. The summed E-state index contributed by atoms with van der Waals surface area (Å²) in [5, 5.41) is 0. The van der Waals surface area contributed by atoms with Crippen LogP contribution in [0.25, 0.3) is 0 Å². The van der Waals surface area contributed by atoms with Gasteiger partial charge in [-0.15, -0.1) is 0 Å². The smallest absolute Gasteiger partial charge is 0.339 e. The highest BCUT2D eigenvalue weighted by Gasteiger charge is 2.48. The van der Waals surface area contributed by atoms with Crippen LogP contribution in [0.4, 0.5) is 4.39 Å². The van der Waals surface area contributed by atoms with Gasteiger partial charge in [0.2, 0.25) is 5.91 Å². The van der Waals surface area contributed by atoms with E-state index in [1.165, 1.54) is 25.0 Å². The summed E-state index contributed by atoms with van der Waals surface area (Å²) in [6, 6.07) is 4.31. The Bertz CT molecular complexity index is 737. The van der Waals surface area contributed by atoms with Gasteiger partial charge in [-0.3, -0.25) is 4.79 Å². The van der Waals surface area contributed by atoms with Crippen molar-refractivity contribution in [2.75, 3.05) is 33.2 Å². The van der Waals surface area contributed by atoms with Gasteiger partial charge in [-0.05, 0) is 63.7 Å². The second-order valence-electron chi connectivity index (χ2n) is 8.16. The van der Waals surface area contributed by atoms with E-state index in [2.05, 4.69) is 4.90 Å². The first-order valence-corrected chi connectivity index (χ1v) is 9.99. The maximum atomic E-state index is 13.5. The lowest BCUT2D eigenvalue weighted by atomic mass is 9.74. The van der Waals surface area contributed by atoms with Crippen LogP contribution in [0, 0.1) is 11.7 Å². The highest BCUT2D eigenvalue weighted by molar-refractivity contribution is 5.94. The molecule has 2 fully saturated rings. The van der Waals surface area contributed by atoms with Gasteiger partial charge in [-0.2, -0.15) is 0 Å². The van der Waals surface area contributed by atoms with E-state index < -0.39 is 17.4 Å². The monoisotopic (exact) mass is 374 g/mol. The number of carbonyl (C=O) groups excluding carboxylic acids is 2. The highest BCUT2D eigenvalue weighted by Crippen LogP contribution is 2.48. The molecule has 2 heterocycles. The molecule has 2 aliphatic heterocycles. The van der Waals surface area contributed by atoms with Crippen LogP contribution >= 0.6 is 0 Å². The topological polar surface area (TPSA) is 49.9 Å². The Morgan fingerprint density at radius 2 is 2.00 bits per heavy atom. The summed E-state index contributed by atoms with van der Waals surface area (Å²) in [5.41, 5.74) is 0.440. The zero-order chi connectivity index (χ0) is 19.0. The fourth-order valence-corrected chi connectivity index (χ4v) is 4.79. The van der Waals surface area contributed by atoms with Crippen LogP contribution in [-0.4, -0.2) is 54.9 Å². The largest absolute Gasteiger partial charge is 0.451 e. The van der Waals surface area contributed by atoms with E-state index in [0.29, 0.717) is 31.2 Å². The van der Waals surface area contributed by atoms with Crippen molar-refractivity contribution in [3.8, 4) is 0 Å². The minimum atomic E-state index is -0.676. The molecular weight excluding hydrogens is 347 g/mol. The summed E-state index contributed by atoms with van der Waals surface area (Å²) >= 11 is 0. The van der Waals surface area contributed by atoms with Crippen LogP contribution in [0.15, 0.2) is 18.2 Å². The molecule has 1 aromatic carbocycles. The van der Waals surface area contributed by atoms with Crippen molar-refractivity contribution in [1.29, 1.82) is 0 Å². The Morgan fingerprint density at radius 3 is 2.70 bits per heavy atom. The number of rotatable bonds is 4. The molecule has 1 amide bonds. The van der Waals surface area contributed by atoms with Crippen molar-refractivity contribution in [1.82, 2.24) is 9.80 Å². The first-order chi connectivity index (χ1) is 13.0. The maximum Gasteiger partial charge on any atom is 0.339 e. The fraction of sp³-hybridized carbons (Fsp3) is 0.619. The number of ether oxygens (including phenoxy) is 1. The summed E-state index contributed by atoms with van der Waals surface area (Å²) < 4.78 is 19.2. The normalized spacial score (nSPS) is 27.6. The van der Waals surface area contributed by atoms with Crippen molar-refractivity contribution in [3.63, 3.8) is 0 Å². The number of halogens is 1. The first-order valence-electron chi connectivity index (χ1n) is 9.99. The quantitative estimate of drug-likeness (QED) is 0.761. The molecule has 0 aromatic heterocycles. The van der Waals surface area contributed by atoms with E-state index in [1.807, 2.05) is 11.9 Å². The third kappa shape index (κ3) is 3.47. The van der Waals surface area contributed by atoms with Crippen molar-refractivity contribution in [2.24, 2.45) is 5.92 Å². The molecule has 1 spiro atoms. The third-order valence-electron chi connectivity index (χ3n) is 6.45. The summed E-state index contributed by atoms with van der Waals surface area (Å²) in [6.07, 6.45) is 5.13. The van der Waals surface area contributed by atoms with E-state index in [0.717, 1.165) is 31.7 Å². The predicted molar refractivity (Wildman–Crippen MR) is 98.8 cm³/mol. The van der Waals surface area contributed by atoms with Gasteiger partial charge in [0.25, 0.3) is 0 Å². The zero-order valence-corrected chi connectivity index (χ0v) is 15.9.